The second-order valence-electron chi connectivity index (χ2n) is 5.59. The summed E-state index contributed by atoms with van der Waals surface area (Å²) in [7, 11) is -3.76. The molecule has 0 fully saturated rings. The number of benzene rings is 2. The highest BCUT2D eigenvalue weighted by Crippen LogP contribution is 2.28. The summed E-state index contributed by atoms with van der Waals surface area (Å²) in [5.41, 5.74) is 0.851. The fourth-order valence-electron chi connectivity index (χ4n) is 2.27. The number of hydrogen-bond donors (Lipinski definition) is 2. The van der Waals surface area contributed by atoms with Crippen molar-refractivity contribution in [2.75, 3.05) is 13.2 Å². The number of nitrogens with one attached hydrogen (secondary N) is 2. The van der Waals surface area contributed by atoms with Gasteiger partial charge in [-0.2, -0.15) is 0 Å². The summed E-state index contributed by atoms with van der Waals surface area (Å²) < 4.78 is 33.0. The maximum atomic E-state index is 12.6. The van der Waals surface area contributed by atoms with Crippen molar-refractivity contribution in [1.29, 1.82) is 0 Å². The molecule has 1 atom stereocenters. The van der Waals surface area contributed by atoms with Gasteiger partial charge in [0.2, 0.25) is 10.0 Å². The van der Waals surface area contributed by atoms with Crippen molar-refractivity contribution in [2.24, 2.45) is 0 Å². The summed E-state index contributed by atoms with van der Waals surface area (Å²) in [5, 5.41) is 2.71. The molecule has 2 N–H and O–H groups in total. The van der Waals surface area contributed by atoms with E-state index in [1.807, 2.05) is 30.3 Å². The molecule has 140 valence electrons. The van der Waals surface area contributed by atoms with Gasteiger partial charge in [-0.15, -0.1) is 0 Å². The Morgan fingerprint density at radius 3 is 2.50 bits per heavy atom. The predicted molar refractivity (Wildman–Crippen MR) is 101 cm³/mol. The molecular weight excluding hydrogens is 376 g/mol. The molecule has 0 aromatic heterocycles. The third-order valence-corrected chi connectivity index (χ3v) is 5.41. The Balaban J connectivity index is 2.10. The van der Waals surface area contributed by atoms with Gasteiger partial charge in [-0.25, -0.2) is 13.1 Å². The lowest BCUT2D eigenvalue weighted by atomic mass is 10.1. The lowest BCUT2D eigenvalue weighted by Gasteiger charge is -2.15. The molecule has 0 saturated carbocycles. The van der Waals surface area contributed by atoms with E-state index in [1.54, 1.807) is 13.8 Å². The minimum absolute atomic E-state index is 0.0237. The van der Waals surface area contributed by atoms with Gasteiger partial charge in [0.25, 0.3) is 5.91 Å². The first-order chi connectivity index (χ1) is 12.3. The van der Waals surface area contributed by atoms with Crippen LogP contribution in [0.4, 0.5) is 0 Å². The van der Waals surface area contributed by atoms with Gasteiger partial charge in [0, 0.05) is 12.6 Å². The van der Waals surface area contributed by atoms with Gasteiger partial charge >= 0.3 is 0 Å². The number of rotatable bonds is 8. The van der Waals surface area contributed by atoms with E-state index in [4.69, 9.17) is 16.3 Å². The number of halogens is 1. The highest BCUT2D eigenvalue weighted by molar-refractivity contribution is 7.89. The molecule has 6 nitrogen and oxygen atoms in total. The van der Waals surface area contributed by atoms with Crippen molar-refractivity contribution in [3.05, 3.63) is 59.1 Å². The molecule has 0 spiro atoms. The Labute approximate surface area is 158 Å². The molecular formula is C18H21ClN2O4S. The summed E-state index contributed by atoms with van der Waals surface area (Å²) in [6.45, 7) is 3.87. The number of carbonyl (C=O) groups excluding carboxylic acids is 1. The Kier molecular flexibility index (Phi) is 7.02. The quantitative estimate of drug-likeness (QED) is 0.718. The van der Waals surface area contributed by atoms with Gasteiger partial charge in [-0.05, 0) is 37.6 Å². The number of sulfonamides is 1. The Morgan fingerprint density at radius 1 is 1.19 bits per heavy atom. The molecule has 0 radical (unpaired) electrons. The van der Waals surface area contributed by atoms with Crippen LogP contribution in [0.3, 0.4) is 0 Å². The van der Waals surface area contributed by atoms with E-state index in [2.05, 4.69) is 10.0 Å². The zero-order valence-corrected chi connectivity index (χ0v) is 16.1. The molecule has 0 saturated heterocycles. The second kappa shape index (κ2) is 9.02. The average Bonchev–Trinajstić information content (AvgIpc) is 2.61. The highest BCUT2D eigenvalue weighted by Gasteiger charge is 2.20. The molecule has 8 heteroatoms. The number of likely N-dealkylation sites (N-methyl/N-ethyl adjacent to an activating group) is 1. The van der Waals surface area contributed by atoms with Gasteiger partial charge in [0.15, 0.2) is 6.61 Å². The van der Waals surface area contributed by atoms with Crippen LogP contribution in [-0.2, 0) is 14.8 Å². The van der Waals surface area contributed by atoms with Crippen molar-refractivity contribution < 1.29 is 17.9 Å². The zero-order chi connectivity index (χ0) is 19.2. The second-order valence-corrected chi connectivity index (χ2v) is 7.71. The van der Waals surface area contributed by atoms with E-state index >= 15 is 0 Å². The fourth-order valence-corrected chi connectivity index (χ4v) is 3.83. The van der Waals surface area contributed by atoms with E-state index in [-0.39, 0.29) is 28.2 Å². The summed E-state index contributed by atoms with van der Waals surface area (Å²) in [5.74, 6) is -0.0356. The predicted octanol–water partition coefficient (Wildman–Crippen LogP) is 2.89. The lowest BCUT2D eigenvalue weighted by Crippen LogP contribution is -2.28. The third kappa shape index (κ3) is 5.45. The third-order valence-electron chi connectivity index (χ3n) is 3.58. The molecule has 0 heterocycles. The van der Waals surface area contributed by atoms with Crippen LogP contribution in [0.1, 0.15) is 25.5 Å². The fraction of sp³-hybridized carbons (Fsp3) is 0.278. The summed E-state index contributed by atoms with van der Waals surface area (Å²) in [6.07, 6.45) is 0. The minimum Gasteiger partial charge on any atom is -0.482 e. The molecule has 2 rings (SSSR count). The van der Waals surface area contributed by atoms with Crippen molar-refractivity contribution in [3.63, 3.8) is 0 Å². The Hall–Kier alpha value is -2.09. The van der Waals surface area contributed by atoms with Crippen LogP contribution in [0.25, 0.3) is 0 Å². The maximum absolute atomic E-state index is 12.6. The van der Waals surface area contributed by atoms with Crippen molar-refractivity contribution in [2.45, 2.75) is 24.8 Å². The first-order valence-corrected chi connectivity index (χ1v) is 9.96. The minimum atomic E-state index is -3.76. The van der Waals surface area contributed by atoms with Gasteiger partial charge in [0.05, 0.1) is 9.92 Å². The molecule has 26 heavy (non-hydrogen) atoms. The Morgan fingerprint density at radius 2 is 1.88 bits per heavy atom. The normalized spacial score (nSPS) is 12.4. The molecule has 2 aromatic rings. The molecule has 0 aliphatic carbocycles. The SMILES string of the molecule is CCNC(=O)COc1ccc(S(=O)(=O)N[C@@H](C)c2ccccc2)cc1Cl. The Bertz CT molecular complexity index is 857. The van der Waals surface area contributed by atoms with Gasteiger partial charge in [-0.1, -0.05) is 41.9 Å². The number of hydrogen-bond acceptors (Lipinski definition) is 4. The first kappa shape index (κ1) is 20.2. The van der Waals surface area contributed by atoms with E-state index < -0.39 is 16.1 Å². The monoisotopic (exact) mass is 396 g/mol. The van der Waals surface area contributed by atoms with E-state index in [0.717, 1.165) is 5.56 Å². The average molecular weight is 397 g/mol. The molecule has 0 aliphatic rings. The van der Waals surface area contributed by atoms with Gasteiger partial charge in [-0.3, -0.25) is 4.79 Å². The first-order valence-electron chi connectivity index (χ1n) is 8.10. The summed E-state index contributed by atoms with van der Waals surface area (Å²) in [6, 6.07) is 13.0. The molecule has 0 aliphatic heterocycles. The van der Waals surface area contributed by atoms with Crippen molar-refractivity contribution >= 4 is 27.5 Å². The molecule has 0 unspecified atom stereocenters. The summed E-state index contributed by atoms with van der Waals surface area (Å²) >= 11 is 6.10. The number of carbonyl (C=O) groups is 1. The van der Waals surface area contributed by atoms with Crippen LogP contribution in [-0.4, -0.2) is 27.5 Å². The standard InChI is InChI=1S/C18H21ClN2O4S/c1-3-20-18(22)12-25-17-10-9-15(11-16(17)19)26(23,24)21-13(2)14-7-5-4-6-8-14/h4-11,13,21H,3,12H2,1-2H3,(H,20,22)/t13-/m0/s1. The van der Waals surface area contributed by atoms with E-state index in [0.29, 0.717) is 6.54 Å². The van der Waals surface area contributed by atoms with Crippen molar-refractivity contribution in [3.8, 4) is 5.75 Å². The number of amides is 1. The van der Waals surface area contributed by atoms with Crippen LogP contribution in [0.2, 0.25) is 5.02 Å². The lowest BCUT2D eigenvalue weighted by molar-refractivity contribution is -0.122. The van der Waals surface area contributed by atoms with E-state index in [9.17, 15) is 13.2 Å². The van der Waals surface area contributed by atoms with Gasteiger partial charge in [0.1, 0.15) is 5.75 Å². The van der Waals surface area contributed by atoms with Crippen LogP contribution >= 0.6 is 11.6 Å². The largest absolute Gasteiger partial charge is 0.482 e. The van der Waals surface area contributed by atoms with Crippen LogP contribution in [0.5, 0.6) is 5.75 Å². The molecule has 0 bridgehead atoms. The van der Waals surface area contributed by atoms with Crippen LogP contribution in [0.15, 0.2) is 53.4 Å². The number of ether oxygens (including phenoxy) is 1. The van der Waals surface area contributed by atoms with E-state index in [1.165, 1.54) is 18.2 Å². The summed E-state index contributed by atoms with van der Waals surface area (Å²) in [4.78, 5) is 11.4. The van der Waals surface area contributed by atoms with Crippen molar-refractivity contribution in [1.82, 2.24) is 10.0 Å². The maximum Gasteiger partial charge on any atom is 0.257 e. The van der Waals surface area contributed by atoms with Crippen LogP contribution in [0, 0.1) is 0 Å². The zero-order valence-electron chi connectivity index (χ0n) is 14.5. The van der Waals surface area contributed by atoms with Gasteiger partial charge < -0.3 is 10.1 Å². The molecule has 2 aromatic carbocycles. The molecule has 1 amide bonds. The highest BCUT2D eigenvalue weighted by atomic mass is 35.5. The smallest absolute Gasteiger partial charge is 0.257 e. The van der Waals surface area contributed by atoms with Crippen LogP contribution < -0.4 is 14.8 Å². The topological polar surface area (TPSA) is 84.5 Å².